The van der Waals surface area contributed by atoms with E-state index in [0.717, 1.165) is 17.1 Å². The number of nitrogens with one attached hydrogen (secondary N) is 1. The summed E-state index contributed by atoms with van der Waals surface area (Å²) in [6, 6.07) is 0. The van der Waals surface area contributed by atoms with Gasteiger partial charge in [0.05, 0.1) is 0 Å². The average molecular weight is 199 g/mol. The van der Waals surface area contributed by atoms with Crippen LogP contribution in [0.25, 0.3) is 0 Å². The van der Waals surface area contributed by atoms with Crippen molar-refractivity contribution in [2.24, 2.45) is 11.8 Å². The highest BCUT2D eigenvalue weighted by molar-refractivity contribution is 8.00. The van der Waals surface area contributed by atoms with Crippen LogP contribution in [0.5, 0.6) is 0 Å². The van der Waals surface area contributed by atoms with E-state index in [0.29, 0.717) is 0 Å². The largest absolute Gasteiger partial charge is 0.317 e. The summed E-state index contributed by atoms with van der Waals surface area (Å²) in [6.07, 6.45) is 5.84. The maximum absolute atomic E-state index is 3.45. The van der Waals surface area contributed by atoms with E-state index >= 15 is 0 Å². The first-order valence-electron chi connectivity index (χ1n) is 5.68. The highest BCUT2D eigenvalue weighted by Gasteiger charge is 2.27. The molecule has 0 aromatic rings. The molecular weight excluding hydrogens is 178 g/mol. The van der Waals surface area contributed by atoms with Gasteiger partial charge in [0.1, 0.15) is 0 Å². The molecule has 1 nitrogen and oxygen atoms in total. The minimum atomic E-state index is 0.940. The molecule has 13 heavy (non-hydrogen) atoms. The van der Waals surface area contributed by atoms with Crippen LogP contribution < -0.4 is 5.32 Å². The van der Waals surface area contributed by atoms with Gasteiger partial charge in [-0.05, 0) is 56.4 Å². The standard InChI is InChI=1S/C11H21NS/c1-9-11(4-7-13-9)8-10-2-5-12-6-3-10/h9-12H,2-8H2,1H3. The Bertz CT molecular complexity index is 154. The third kappa shape index (κ3) is 2.63. The summed E-state index contributed by atoms with van der Waals surface area (Å²) >= 11 is 2.18. The molecular formula is C11H21NS. The monoisotopic (exact) mass is 199 g/mol. The quantitative estimate of drug-likeness (QED) is 0.733. The van der Waals surface area contributed by atoms with E-state index in [-0.39, 0.29) is 0 Å². The van der Waals surface area contributed by atoms with Gasteiger partial charge >= 0.3 is 0 Å². The molecule has 0 spiro atoms. The van der Waals surface area contributed by atoms with E-state index in [2.05, 4.69) is 24.0 Å². The van der Waals surface area contributed by atoms with E-state index in [1.807, 2.05) is 0 Å². The zero-order chi connectivity index (χ0) is 9.10. The van der Waals surface area contributed by atoms with Gasteiger partial charge in [-0.2, -0.15) is 11.8 Å². The fraction of sp³-hybridized carbons (Fsp3) is 1.00. The Morgan fingerprint density at radius 1 is 1.23 bits per heavy atom. The normalized spacial score (nSPS) is 36.7. The molecule has 0 aliphatic carbocycles. The Hall–Kier alpha value is 0.310. The number of thioether (sulfide) groups is 1. The maximum Gasteiger partial charge on any atom is 0.00473 e. The van der Waals surface area contributed by atoms with Gasteiger partial charge < -0.3 is 5.32 Å². The molecule has 1 N–H and O–H groups in total. The summed E-state index contributed by atoms with van der Waals surface area (Å²) in [6.45, 7) is 4.95. The van der Waals surface area contributed by atoms with Crippen molar-refractivity contribution in [1.82, 2.24) is 5.32 Å². The molecule has 2 heterocycles. The molecule has 2 saturated heterocycles. The first kappa shape index (κ1) is 9.85. The summed E-state index contributed by atoms with van der Waals surface area (Å²) in [7, 11) is 0. The van der Waals surface area contributed by atoms with Gasteiger partial charge in [-0.1, -0.05) is 6.92 Å². The summed E-state index contributed by atoms with van der Waals surface area (Å²) < 4.78 is 0. The minimum absolute atomic E-state index is 0.940. The zero-order valence-corrected chi connectivity index (χ0v) is 9.41. The lowest BCUT2D eigenvalue weighted by Crippen LogP contribution is -2.29. The molecule has 2 heteroatoms. The first-order chi connectivity index (χ1) is 6.36. The predicted molar refractivity (Wildman–Crippen MR) is 60.2 cm³/mol. The van der Waals surface area contributed by atoms with Crippen molar-refractivity contribution in [3.05, 3.63) is 0 Å². The second kappa shape index (κ2) is 4.70. The van der Waals surface area contributed by atoms with Crippen LogP contribution in [0.2, 0.25) is 0 Å². The van der Waals surface area contributed by atoms with Crippen molar-refractivity contribution in [2.75, 3.05) is 18.8 Å². The molecule has 2 aliphatic rings. The van der Waals surface area contributed by atoms with Crippen molar-refractivity contribution < 1.29 is 0 Å². The van der Waals surface area contributed by atoms with Crippen molar-refractivity contribution in [3.8, 4) is 0 Å². The molecule has 2 fully saturated rings. The number of rotatable bonds is 2. The lowest BCUT2D eigenvalue weighted by Gasteiger charge is -2.26. The van der Waals surface area contributed by atoms with Crippen molar-refractivity contribution in [3.63, 3.8) is 0 Å². The number of piperidine rings is 1. The molecule has 0 saturated carbocycles. The highest BCUT2D eigenvalue weighted by atomic mass is 32.2. The van der Waals surface area contributed by atoms with Crippen LogP contribution in [0.4, 0.5) is 0 Å². The summed E-state index contributed by atoms with van der Waals surface area (Å²) in [5.41, 5.74) is 0. The number of hydrogen-bond acceptors (Lipinski definition) is 2. The Balaban J connectivity index is 1.75. The molecule has 0 aromatic heterocycles. The zero-order valence-electron chi connectivity index (χ0n) is 8.59. The van der Waals surface area contributed by atoms with Gasteiger partial charge in [-0.25, -0.2) is 0 Å². The maximum atomic E-state index is 3.45. The Morgan fingerprint density at radius 3 is 2.62 bits per heavy atom. The van der Waals surface area contributed by atoms with Crippen LogP contribution in [0, 0.1) is 11.8 Å². The third-order valence-corrected chi connectivity index (χ3v) is 5.01. The minimum Gasteiger partial charge on any atom is -0.317 e. The Kier molecular flexibility index (Phi) is 3.56. The van der Waals surface area contributed by atoms with Crippen LogP contribution in [0.3, 0.4) is 0 Å². The van der Waals surface area contributed by atoms with E-state index in [9.17, 15) is 0 Å². The van der Waals surface area contributed by atoms with Crippen LogP contribution in [0.1, 0.15) is 32.6 Å². The van der Waals surface area contributed by atoms with Crippen molar-refractivity contribution >= 4 is 11.8 Å². The Labute approximate surface area is 86.0 Å². The van der Waals surface area contributed by atoms with Gasteiger partial charge in [0.25, 0.3) is 0 Å². The van der Waals surface area contributed by atoms with E-state index in [1.54, 1.807) is 0 Å². The molecule has 2 unspecified atom stereocenters. The Morgan fingerprint density at radius 2 is 2.00 bits per heavy atom. The molecule has 2 rings (SSSR count). The smallest absolute Gasteiger partial charge is 0.00473 e. The van der Waals surface area contributed by atoms with E-state index in [1.165, 1.54) is 44.5 Å². The van der Waals surface area contributed by atoms with Crippen LogP contribution in [-0.2, 0) is 0 Å². The van der Waals surface area contributed by atoms with Crippen molar-refractivity contribution in [1.29, 1.82) is 0 Å². The molecule has 0 amide bonds. The number of hydrogen-bond donors (Lipinski definition) is 1. The highest BCUT2D eigenvalue weighted by Crippen LogP contribution is 2.37. The summed E-state index contributed by atoms with van der Waals surface area (Å²) in [4.78, 5) is 0. The van der Waals surface area contributed by atoms with Gasteiger partial charge in [-0.15, -0.1) is 0 Å². The van der Waals surface area contributed by atoms with Gasteiger partial charge in [0.15, 0.2) is 0 Å². The summed E-state index contributed by atoms with van der Waals surface area (Å²) in [5.74, 6) is 3.48. The van der Waals surface area contributed by atoms with Gasteiger partial charge in [0.2, 0.25) is 0 Å². The predicted octanol–water partition coefficient (Wildman–Crippen LogP) is 2.52. The molecule has 76 valence electrons. The second-order valence-corrected chi connectivity index (χ2v) is 6.04. The van der Waals surface area contributed by atoms with Crippen molar-refractivity contribution in [2.45, 2.75) is 37.9 Å². The van der Waals surface area contributed by atoms with E-state index in [4.69, 9.17) is 0 Å². The lowest BCUT2D eigenvalue weighted by atomic mass is 9.85. The van der Waals surface area contributed by atoms with E-state index < -0.39 is 0 Å². The lowest BCUT2D eigenvalue weighted by molar-refractivity contribution is 0.298. The SMILES string of the molecule is CC1SCCC1CC1CCNCC1. The first-order valence-corrected chi connectivity index (χ1v) is 6.73. The van der Waals surface area contributed by atoms with Gasteiger partial charge in [0, 0.05) is 5.25 Å². The molecule has 2 aliphatic heterocycles. The fourth-order valence-corrected chi connectivity index (χ4v) is 3.96. The summed E-state index contributed by atoms with van der Waals surface area (Å²) in [5, 5.41) is 4.39. The topological polar surface area (TPSA) is 12.0 Å². The fourth-order valence-electron chi connectivity index (χ4n) is 2.63. The molecule has 0 radical (unpaired) electrons. The third-order valence-electron chi connectivity index (χ3n) is 3.63. The molecule has 0 bridgehead atoms. The average Bonchev–Trinajstić information content (AvgIpc) is 2.54. The van der Waals surface area contributed by atoms with Crippen LogP contribution in [0.15, 0.2) is 0 Å². The van der Waals surface area contributed by atoms with Crippen LogP contribution >= 0.6 is 11.8 Å². The molecule has 0 aromatic carbocycles. The van der Waals surface area contributed by atoms with Gasteiger partial charge in [-0.3, -0.25) is 0 Å². The van der Waals surface area contributed by atoms with Crippen LogP contribution in [-0.4, -0.2) is 24.1 Å². The second-order valence-electron chi connectivity index (χ2n) is 4.55. The molecule has 2 atom stereocenters.